The molecule has 216 valence electrons. The van der Waals surface area contributed by atoms with Crippen molar-refractivity contribution in [3.05, 3.63) is 12.2 Å². The highest BCUT2D eigenvalue weighted by molar-refractivity contribution is 5.71. The van der Waals surface area contributed by atoms with Crippen molar-refractivity contribution < 1.29 is 40.2 Å². The smallest absolute Gasteiger partial charge is 0.332 e. The molecule has 0 aromatic carbocycles. The van der Waals surface area contributed by atoms with Crippen LogP contribution < -0.4 is 0 Å². The minimum atomic E-state index is -1.23. The van der Waals surface area contributed by atoms with Crippen LogP contribution in [0.4, 0.5) is 0 Å². The standard InChI is InChI=1S/C22H42O2.C3H8O3.C3H6O3/c1-2-3-4-5-6-7-8-9-10-11-12-13-14-15-16-17-18-19-20-21-22(23)24;4-1-3(6)2-5;1-2(4)3(5)6/h9-10H,2-8,11-21H2,1H3,(H,23,24);3-6H,1-2H2;2,4H,1H3,(H,5,6)/b10-9-;;. The van der Waals surface area contributed by atoms with E-state index in [0.29, 0.717) is 6.42 Å². The van der Waals surface area contributed by atoms with Gasteiger partial charge in [-0.1, -0.05) is 96.1 Å². The highest BCUT2D eigenvalue weighted by atomic mass is 16.4. The molecule has 0 bridgehead atoms. The molecule has 0 heterocycles. The number of aliphatic hydroxyl groups excluding tert-OH is 4. The normalized spacial score (nSPS) is 11.5. The molecular formula is C28H56O8. The third kappa shape index (κ3) is 42.7. The Kier molecular flexibility index (Phi) is 36.4. The molecule has 36 heavy (non-hydrogen) atoms. The maximum Gasteiger partial charge on any atom is 0.332 e. The first-order chi connectivity index (χ1) is 17.2. The third-order valence-corrected chi connectivity index (χ3v) is 5.43. The van der Waals surface area contributed by atoms with Crippen LogP contribution >= 0.6 is 0 Å². The van der Waals surface area contributed by atoms with Crippen molar-refractivity contribution in [2.24, 2.45) is 0 Å². The summed E-state index contributed by atoms with van der Waals surface area (Å²) in [6.45, 7) is 2.74. The highest BCUT2D eigenvalue weighted by Crippen LogP contribution is 2.12. The Bertz CT molecular complexity index is 476. The molecule has 0 radical (unpaired) electrons. The summed E-state index contributed by atoms with van der Waals surface area (Å²) in [5, 5.41) is 48.3. The van der Waals surface area contributed by atoms with Crippen LogP contribution in [-0.4, -0.2) is 68.0 Å². The molecule has 0 fully saturated rings. The van der Waals surface area contributed by atoms with E-state index in [1.165, 1.54) is 103 Å². The fraction of sp³-hybridized carbons (Fsp3) is 0.857. The molecule has 6 N–H and O–H groups in total. The van der Waals surface area contributed by atoms with Crippen LogP contribution in [0, 0.1) is 0 Å². The van der Waals surface area contributed by atoms with Crippen LogP contribution in [0.25, 0.3) is 0 Å². The van der Waals surface area contributed by atoms with E-state index < -0.39 is 24.1 Å². The predicted molar refractivity (Wildman–Crippen MR) is 145 cm³/mol. The molecule has 0 aliphatic carbocycles. The van der Waals surface area contributed by atoms with Gasteiger partial charge in [-0.25, -0.2) is 4.79 Å². The van der Waals surface area contributed by atoms with E-state index in [4.69, 9.17) is 30.6 Å². The van der Waals surface area contributed by atoms with Crippen LogP contribution in [0.1, 0.15) is 129 Å². The summed E-state index contributed by atoms with van der Waals surface area (Å²) in [6.07, 6.45) is 24.9. The lowest BCUT2D eigenvalue weighted by molar-refractivity contribution is -0.145. The lowest BCUT2D eigenvalue weighted by Gasteiger charge is -2.01. The molecule has 0 spiro atoms. The zero-order valence-electron chi connectivity index (χ0n) is 23.0. The van der Waals surface area contributed by atoms with Gasteiger partial charge in [0, 0.05) is 6.42 Å². The molecule has 0 rings (SSSR count). The molecule has 0 saturated heterocycles. The molecule has 1 atom stereocenters. The van der Waals surface area contributed by atoms with Gasteiger partial charge in [-0.2, -0.15) is 0 Å². The topological polar surface area (TPSA) is 156 Å². The zero-order valence-corrected chi connectivity index (χ0v) is 23.0. The van der Waals surface area contributed by atoms with Gasteiger partial charge in [0.15, 0.2) is 0 Å². The number of allylic oxidation sites excluding steroid dienone is 2. The molecule has 0 amide bonds. The average molecular weight is 521 g/mol. The second-order valence-corrected chi connectivity index (χ2v) is 9.18. The molecule has 8 nitrogen and oxygen atoms in total. The summed E-state index contributed by atoms with van der Waals surface area (Å²) in [6, 6.07) is 0. The van der Waals surface area contributed by atoms with Gasteiger partial charge in [0.2, 0.25) is 0 Å². The number of carbonyl (C=O) groups is 2. The van der Waals surface area contributed by atoms with Crippen molar-refractivity contribution in [1.29, 1.82) is 0 Å². The van der Waals surface area contributed by atoms with Gasteiger partial charge in [0.05, 0.1) is 13.2 Å². The Morgan fingerprint density at radius 1 is 0.639 bits per heavy atom. The number of carboxylic acids is 2. The fourth-order valence-corrected chi connectivity index (χ4v) is 3.11. The first-order valence-corrected chi connectivity index (χ1v) is 13.9. The Hall–Kier alpha value is -1.48. The zero-order chi connectivity index (χ0) is 27.9. The molecule has 0 aromatic rings. The van der Waals surface area contributed by atoms with Gasteiger partial charge >= 0.3 is 11.9 Å². The lowest BCUT2D eigenvalue weighted by atomic mass is 10.1. The number of aliphatic carboxylic acids is 2. The Morgan fingerprint density at radius 3 is 1.25 bits per heavy atom. The van der Waals surface area contributed by atoms with E-state index in [0.717, 1.165) is 12.8 Å². The van der Waals surface area contributed by atoms with Gasteiger partial charge in [-0.05, 0) is 39.0 Å². The highest BCUT2D eigenvalue weighted by Gasteiger charge is 2.01. The number of aliphatic hydroxyl groups is 4. The first kappa shape index (κ1) is 39.0. The maximum absolute atomic E-state index is 10.4. The van der Waals surface area contributed by atoms with Gasteiger partial charge in [-0.3, -0.25) is 4.79 Å². The van der Waals surface area contributed by atoms with Gasteiger partial charge in [-0.15, -0.1) is 0 Å². The monoisotopic (exact) mass is 520 g/mol. The summed E-state index contributed by atoms with van der Waals surface area (Å²) in [4.78, 5) is 19.8. The summed E-state index contributed by atoms with van der Waals surface area (Å²) in [5.74, 6) is -1.84. The number of hydrogen-bond donors (Lipinski definition) is 6. The summed E-state index contributed by atoms with van der Waals surface area (Å²) < 4.78 is 0. The van der Waals surface area contributed by atoms with E-state index >= 15 is 0 Å². The minimum Gasteiger partial charge on any atom is -0.481 e. The molecule has 8 heteroatoms. The largest absolute Gasteiger partial charge is 0.481 e. The van der Waals surface area contributed by atoms with Crippen molar-refractivity contribution in [3.63, 3.8) is 0 Å². The van der Waals surface area contributed by atoms with E-state index in [-0.39, 0.29) is 13.2 Å². The summed E-state index contributed by atoms with van der Waals surface area (Å²) in [5.41, 5.74) is 0. The Balaban J connectivity index is -0.000000742. The van der Waals surface area contributed by atoms with Crippen molar-refractivity contribution in [2.45, 2.75) is 142 Å². The predicted octanol–water partition coefficient (Wildman–Crippen LogP) is 5.45. The average Bonchev–Trinajstić information content (AvgIpc) is 2.85. The second-order valence-electron chi connectivity index (χ2n) is 9.18. The maximum atomic E-state index is 10.4. The van der Waals surface area contributed by atoms with E-state index in [1.54, 1.807) is 0 Å². The van der Waals surface area contributed by atoms with Crippen LogP contribution in [-0.2, 0) is 9.59 Å². The molecular weight excluding hydrogens is 464 g/mol. The van der Waals surface area contributed by atoms with Crippen LogP contribution in [0.3, 0.4) is 0 Å². The lowest BCUT2D eigenvalue weighted by Crippen LogP contribution is -2.15. The number of unbranched alkanes of at least 4 members (excludes halogenated alkanes) is 15. The number of rotatable bonds is 22. The summed E-state index contributed by atoms with van der Waals surface area (Å²) >= 11 is 0. The molecule has 1 unspecified atom stereocenters. The van der Waals surface area contributed by atoms with E-state index in [1.807, 2.05) is 0 Å². The number of hydrogen-bond acceptors (Lipinski definition) is 6. The quantitative estimate of drug-likeness (QED) is 0.0812. The fourth-order valence-electron chi connectivity index (χ4n) is 3.11. The van der Waals surface area contributed by atoms with E-state index in [9.17, 15) is 9.59 Å². The van der Waals surface area contributed by atoms with Crippen molar-refractivity contribution in [3.8, 4) is 0 Å². The van der Waals surface area contributed by atoms with E-state index in [2.05, 4.69) is 19.1 Å². The minimum absolute atomic E-state index is 0.340. The Morgan fingerprint density at radius 2 is 0.972 bits per heavy atom. The third-order valence-electron chi connectivity index (χ3n) is 5.43. The van der Waals surface area contributed by atoms with Gasteiger partial charge < -0.3 is 30.6 Å². The Labute approximate surface area is 219 Å². The second kappa shape index (κ2) is 33.5. The SMILES string of the molecule is CC(O)C(=O)O.CCCCCCCC/C=C\CCCCCCCCCCCC(=O)O.OCC(O)CO. The molecule has 0 aromatic heterocycles. The molecule has 0 aliphatic rings. The van der Waals surface area contributed by atoms with Gasteiger partial charge in [0.1, 0.15) is 12.2 Å². The van der Waals surface area contributed by atoms with Crippen LogP contribution in [0.15, 0.2) is 12.2 Å². The van der Waals surface area contributed by atoms with Gasteiger partial charge in [0.25, 0.3) is 0 Å². The van der Waals surface area contributed by atoms with Crippen molar-refractivity contribution in [2.75, 3.05) is 13.2 Å². The molecule has 0 saturated carbocycles. The first-order valence-electron chi connectivity index (χ1n) is 13.9. The van der Waals surface area contributed by atoms with Crippen molar-refractivity contribution >= 4 is 11.9 Å². The van der Waals surface area contributed by atoms with Crippen LogP contribution in [0.2, 0.25) is 0 Å². The number of carboxylic acid groups (broad SMARTS) is 2. The van der Waals surface area contributed by atoms with Crippen LogP contribution in [0.5, 0.6) is 0 Å². The van der Waals surface area contributed by atoms with Crippen molar-refractivity contribution in [1.82, 2.24) is 0 Å². The molecule has 0 aliphatic heterocycles. The summed E-state index contributed by atoms with van der Waals surface area (Å²) in [7, 11) is 0.